The summed E-state index contributed by atoms with van der Waals surface area (Å²) in [6.07, 6.45) is -7.14. The van der Waals surface area contributed by atoms with Crippen LogP contribution in [0, 0.1) is 15.4 Å². The van der Waals surface area contributed by atoms with Crippen molar-refractivity contribution in [3.05, 3.63) is 33.9 Å². The van der Waals surface area contributed by atoms with Gasteiger partial charge in [0.15, 0.2) is 0 Å². The normalized spacial score (nSPS) is 15.5. The van der Waals surface area contributed by atoms with Crippen LogP contribution in [0.2, 0.25) is 0 Å². The quantitative estimate of drug-likeness (QED) is 0.231. The molecule has 1 aromatic rings. The van der Waals surface area contributed by atoms with Crippen LogP contribution in [-0.4, -0.2) is 40.5 Å². The minimum atomic E-state index is -7.34. The molecule has 0 bridgehead atoms. The van der Waals surface area contributed by atoms with Crippen LogP contribution in [0.4, 0.5) is 39.5 Å². The number of hydrogen-bond acceptors (Lipinski definition) is 3. The first-order chi connectivity index (χ1) is 14.1. The summed E-state index contributed by atoms with van der Waals surface area (Å²) in [5, 5.41) is -6.86. The van der Waals surface area contributed by atoms with Gasteiger partial charge < -0.3 is 0 Å². The Balaban J connectivity index is 3.70. The van der Waals surface area contributed by atoms with E-state index in [1.807, 2.05) is 0 Å². The molecule has 0 fully saturated rings. The average Bonchev–Trinajstić information content (AvgIpc) is 2.59. The van der Waals surface area contributed by atoms with Gasteiger partial charge in [0.2, 0.25) is 0 Å². The molecule has 0 heterocycles. The van der Waals surface area contributed by atoms with Crippen LogP contribution in [0.3, 0.4) is 0 Å². The fourth-order valence-electron chi connectivity index (χ4n) is 2.69. The Labute approximate surface area is 184 Å². The number of alkyl halides is 11. The van der Waals surface area contributed by atoms with E-state index >= 15 is 0 Å². The van der Waals surface area contributed by atoms with Gasteiger partial charge in [0, 0.05) is 0 Å². The SMILES string of the molecule is CC(C)C[I+](CC(C)C)(OS(=O)(=O)C(F)(F)C(F)(F)C(F)(F)C(F)(F)F)c1ccccc1. The number of rotatable bonds is 10. The molecule has 0 radical (unpaired) electrons. The molecule has 1 aromatic carbocycles. The summed E-state index contributed by atoms with van der Waals surface area (Å²) in [4.78, 5) is 0. The molecule has 0 saturated carbocycles. The molecule has 0 atom stereocenters. The fraction of sp³-hybridized carbons (Fsp3) is 0.667. The second-order valence-corrected chi connectivity index (χ2v) is 17.7. The zero-order valence-electron chi connectivity index (χ0n) is 17.4. The van der Waals surface area contributed by atoms with Crippen molar-refractivity contribution in [3.63, 3.8) is 0 Å². The topological polar surface area (TPSA) is 43.4 Å². The van der Waals surface area contributed by atoms with Crippen molar-refractivity contribution in [2.45, 2.75) is 51.0 Å². The van der Waals surface area contributed by atoms with Crippen LogP contribution in [0.5, 0.6) is 0 Å². The fourth-order valence-corrected chi connectivity index (χ4v) is 17.4. The third kappa shape index (κ3) is 5.47. The number of halogens is 10. The summed E-state index contributed by atoms with van der Waals surface area (Å²) in [6.45, 7) is 6.29. The summed E-state index contributed by atoms with van der Waals surface area (Å²) >= 11 is -4.72. The van der Waals surface area contributed by atoms with Crippen molar-refractivity contribution >= 4 is 10.1 Å². The van der Waals surface area contributed by atoms with Gasteiger partial charge in [0.25, 0.3) is 0 Å². The predicted octanol–water partition coefficient (Wildman–Crippen LogP) is 3.02. The van der Waals surface area contributed by atoms with E-state index in [1.165, 1.54) is 30.3 Å². The molecule has 1 rings (SSSR count). The summed E-state index contributed by atoms with van der Waals surface area (Å²) in [5.74, 6) is -15.5. The van der Waals surface area contributed by atoms with Crippen molar-refractivity contribution < 1.29 is 69.3 Å². The Bertz CT molecular complexity index is 859. The number of benzene rings is 1. The van der Waals surface area contributed by atoms with Gasteiger partial charge in [-0.15, -0.1) is 0 Å². The predicted molar refractivity (Wildman–Crippen MR) is 95.4 cm³/mol. The summed E-state index contributed by atoms with van der Waals surface area (Å²) in [6, 6.07) is 6.99. The van der Waals surface area contributed by atoms with E-state index in [2.05, 4.69) is 0 Å². The molecule has 0 aromatic heterocycles. The Morgan fingerprint density at radius 2 is 1.19 bits per heavy atom. The molecule has 0 unspecified atom stereocenters. The molecular weight excluding hydrogens is 594 g/mol. The van der Waals surface area contributed by atoms with Crippen molar-refractivity contribution in [1.29, 1.82) is 0 Å². The van der Waals surface area contributed by atoms with Crippen LogP contribution in [0.15, 0.2) is 30.3 Å². The van der Waals surface area contributed by atoms with E-state index < -0.39 is 64.1 Å². The van der Waals surface area contributed by atoms with E-state index in [0.29, 0.717) is 0 Å². The van der Waals surface area contributed by atoms with Gasteiger partial charge in [-0.25, -0.2) is 0 Å². The summed E-state index contributed by atoms with van der Waals surface area (Å²) in [7, 11) is -6.94. The monoisotopic (exact) mass is 617 g/mol. The molecular formula is C18H23F9IO3S+. The van der Waals surface area contributed by atoms with E-state index in [0.717, 1.165) is 0 Å². The third-order valence-electron chi connectivity index (χ3n) is 3.88. The van der Waals surface area contributed by atoms with Gasteiger partial charge >= 0.3 is 185 Å². The van der Waals surface area contributed by atoms with Crippen molar-refractivity contribution in [1.82, 2.24) is 0 Å². The second-order valence-electron chi connectivity index (χ2n) is 7.82. The molecule has 3 nitrogen and oxygen atoms in total. The van der Waals surface area contributed by atoms with Crippen LogP contribution in [0.25, 0.3) is 0 Å². The average molecular weight is 617 g/mol. The van der Waals surface area contributed by atoms with E-state index in [9.17, 15) is 47.9 Å². The molecule has 188 valence electrons. The minimum absolute atomic E-state index is 0.132. The van der Waals surface area contributed by atoms with Gasteiger partial charge in [0.05, 0.1) is 0 Å². The first-order valence-electron chi connectivity index (χ1n) is 9.07. The van der Waals surface area contributed by atoms with Crippen LogP contribution in [0.1, 0.15) is 27.7 Å². The Kier molecular flexibility index (Phi) is 8.66. The number of hydrogen-bond donors (Lipinski definition) is 0. The van der Waals surface area contributed by atoms with Crippen LogP contribution in [-0.2, 0) is 12.6 Å². The molecule has 0 N–H and O–H groups in total. The van der Waals surface area contributed by atoms with Gasteiger partial charge in [0.1, 0.15) is 0 Å². The van der Waals surface area contributed by atoms with Gasteiger partial charge in [-0.05, 0) is 0 Å². The molecule has 0 saturated heterocycles. The molecule has 32 heavy (non-hydrogen) atoms. The van der Waals surface area contributed by atoms with Crippen molar-refractivity contribution in [2.24, 2.45) is 11.8 Å². The zero-order chi connectivity index (χ0) is 25.4. The first kappa shape index (κ1) is 29.3. The Morgan fingerprint density at radius 1 is 0.781 bits per heavy atom. The first-order valence-corrected chi connectivity index (χ1v) is 15.5. The third-order valence-corrected chi connectivity index (χ3v) is 18.0. The molecule has 14 heteroatoms. The Hall–Kier alpha value is -0.770. The molecule has 0 aliphatic heterocycles. The molecule has 0 spiro atoms. The van der Waals surface area contributed by atoms with Gasteiger partial charge in [-0.3, -0.25) is 0 Å². The second kappa shape index (κ2) is 9.47. The maximum absolute atomic E-state index is 14.3. The zero-order valence-corrected chi connectivity index (χ0v) is 20.3. The Morgan fingerprint density at radius 3 is 1.53 bits per heavy atom. The molecule has 0 aliphatic rings. The van der Waals surface area contributed by atoms with Gasteiger partial charge in [-0.1, -0.05) is 0 Å². The van der Waals surface area contributed by atoms with Crippen molar-refractivity contribution in [2.75, 3.05) is 8.86 Å². The van der Waals surface area contributed by atoms with Crippen molar-refractivity contribution in [3.8, 4) is 0 Å². The molecule has 0 aliphatic carbocycles. The van der Waals surface area contributed by atoms with Crippen LogP contribution < -0.4 is 18.8 Å². The summed E-state index contributed by atoms with van der Waals surface area (Å²) < 4.78 is 149. The van der Waals surface area contributed by atoms with Crippen LogP contribution >= 0.6 is 0 Å². The standard InChI is InChI=1S/C18H23F9IO3S/c1-12(2)10-28(11-13(3)4,14-8-6-5-7-9-14)31-32(29,30)18(26,27)16(21,22)15(19,20)17(23,24)25/h5-9,12-13H,10-11H2,1-4H3/q+1. The maximum atomic E-state index is 14.3. The molecule has 0 amide bonds. The van der Waals surface area contributed by atoms with Gasteiger partial charge in [-0.2, -0.15) is 0 Å². The van der Waals surface area contributed by atoms with E-state index in [1.54, 1.807) is 27.7 Å². The van der Waals surface area contributed by atoms with E-state index in [-0.39, 0.29) is 12.4 Å². The van der Waals surface area contributed by atoms with E-state index in [4.69, 9.17) is 2.51 Å². The summed E-state index contributed by atoms with van der Waals surface area (Å²) in [5.41, 5.74) is 0.